The summed E-state index contributed by atoms with van der Waals surface area (Å²) in [7, 11) is 0. The number of carbonyl (C=O) groups excluding carboxylic acids is 1. The van der Waals surface area contributed by atoms with E-state index in [1.54, 1.807) is 11.3 Å². The van der Waals surface area contributed by atoms with Gasteiger partial charge in [-0.1, -0.05) is 15.9 Å². The smallest absolute Gasteiger partial charge is 0.236 e. The van der Waals surface area contributed by atoms with Crippen molar-refractivity contribution in [2.24, 2.45) is 0 Å². The van der Waals surface area contributed by atoms with Crippen LogP contribution in [0.1, 0.15) is 6.92 Å². The Morgan fingerprint density at radius 1 is 1.50 bits per heavy atom. The molecule has 1 unspecified atom stereocenters. The van der Waals surface area contributed by atoms with Gasteiger partial charge in [-0.25, -0.2) is 4.98 Å². The first kappa shape index (κ1) is 11.9. The molecule has 6 heteroatoms. The third kappa shape index (κ3) is 2.55. The molecule has 0 spiro atoms. The standard InChI is InChI=1S/C10H14BrN3OS/c1-8(11)9(15)13-3-5-14(6-4-13)10-12-2-7-16-10/h2,7-8H,3-6H2,1H3. The van der Waals surface area contributed by atoms with Gasteiger partial charge in [0.2, 0.25) is 5.91 Å². The Kier molecular flexibility index (Phi) is 3.81. The number of anilines is 1. The lowest BCUT2D eigenvalue weighted by molar-refractivity contribution is -0.130. The molecule has 1 aliphatic heterocycles. The van der Waals surface area contributed by atoms with Gasteiger partial charge >= 0.3 is 0 Å². The van der Waals surface area contributed by atoms with E-state index in [2.05, 4.69) is 25.8 Å². The first-order chi connectivity index (χ1) is 7.68. The molecule has 1 aliphatic rings. The molecular formula is C10H14BrN3OS. The number of hydrogen-bond donors (Lipinski definition) is 0. The minimum Gasteiger partial charge on any atom is -0.345 e. The fraction of sp³-hybridized carbons (Fsp3) is 0.600. The Balaban J connectivity index is 1.90. The van der Waals surface area contributed by atoms with E-state index in [0.29, 0.717) is 0 Å². The molecule has 1 saturated heterocycles. The van der Waals surface area contributed by atoms with E-state index in [9.17, 15) is 4.79 Å². The van der Waals surface area contributed by atoms with Crippen molar-refractivity contribution in [3.63, 3.8) is 0 Å². The van der Waals surface area contributed by atoms with Crippen LogP contribution in [0.5, 0.6) is 0 Å². The zero-order valence-corrected chi connectivity index (χ0v) is 11.5. The molecule has 4 nitrogen and oxygen atoms in total. The van der Waals surface area contributed by atoms with Crippen LogP contribution in [-0.4, -0.2) is 46.8 Å². The van der Waals surface area contributed by atoms with Crippen molar-refractivity contribution in [3.05, 3.63) is 11.6 Å². The molecule has 0 radical (unpaired) electrons. The largest absolute Gasteiger partial charge is 0.345 e. The predicted molar refractivity (Wildman–Crippen MR) is 69.3 cm³/mol. The third-order valence-electron chi connectivity index (χ3n) is 2.62. The van der Waals surface area contributed by atoms with E-state index >= 15 is 0 Å². The highest BCUT2D eigenvalue weighted by atomic mass is 79.9. The SMILES string of the molecule is CC(Br)C(=O)N1CCN(c2nccs2)CC1. The van der Waals surface area contributed by atoms with Gasteiger partial charge < -0.3 is 9.80 Å². The minimum absolute atomic E-state index is 0.0843. The molecular weight excluding hydrogens is 290 g/mol. The summed E-state index contributed by atoms with van der Waals surface area (Å²) in [6.07, 6.45) is 1.82. The lowest BCUT2D eigenvalue weighted by Crippen LogP contribution is -2.50. The van der Waals surface area contributed by atoms with E-state index in [4.69, 9.17) is 0 Å². The fourth-order valence-corrected chi connectivity index (χ4v) is 2.73. The van der Waals surface area contributed by atoms with Crippen LogP contribution in [0.2, 0.25) is 0 Å². The van der Waals surface area contributed by atoms with Crippen molar-refractivity contribution in [3.8, 4) is 0 Å². The van der Waals surface area contributed by atoms with Crippen LogP contribution in [0.15, 0.2) is 11.6 Å². The minimum atomic E-state index is -0.0843. The second-order valence-electron chi connectivity index (χ2n) is 3.74. The van der Waals surface area contributed by atoms with Gasteiger partial charge in [0.1, 0.15) is 0 Å². The van der Waals surface area contributed by atoms with Crippen molar-refractivity contribution >= 4 is 38.3 Å². The first-order valence-electron chi connectivity index (χ1n) is 5.26. The van der Waals surface area contributed by atoms with E-state index in [1.165, 1.54) is 0 Å². The molecule has 0 N–H and O–H groups in total. The van der Waals surface area contributed by atoms with Crippen molar-refractivity contribution in [2.45, 2.75) is 11.8 Å². The molecule has 0 saturated carbocycles. The number of hydrogen-bond acceptors (Lipinski definition) is 4. The van der Waals surface area contributed by atoms with Gasteiger partial charge in [0, 0.05) is 37.8 Å². The summed E-state index contributed by atoms with van der Waals surface area (Å²) in [6, 6.07) is 0. The number of rotatable bonds is 2. The average Bonchev–Trinajstić information content (AvgIpc) is 2.81. The van der Waals surface area contributed by atoms with Gasteiger partial charge in [0.25, 0.3) is 0 Å². The Labute approximate surface area is 107 Å². The number of amides is 1. The second kappa shape index (κ2) is 5.14. The molecule has 0 aromatic carbocycles. The highest BCUT2D eigenvalue weighted by molar-refractivity contribution is 9.10. The molecule has 0 bridgehead atoms. The highest BCUT2D eigenvalue weighted by Gasteiger charge is 2.24. The van der Waals surface area contributed by atoms with Crippen molar-refractivity contribution in [2.75, 3.05) is 31.1 Å². The summed E-state index contributed by atoms with van der Waals surface area (Å²) in [5.41, 5.74) is 0. The van der Waals surface area contributed by atoms with Crippen molar-refractivity contribution < 1.29 is 4.79 Å². The average molecular weight is 304 g/mol. The Bertz CT molecular complexity index is 347. The summed E-state index contributed by atoms with van der Waals surface area (Å²) in [6.45, 7) is 5.19. The molecule has 1 aromatic heterocycles. The van der Waals surface area contributed by atoms with Gasteiger partial charge in [-0.05, 0) is 6.92 Å². The summed E-state index contributed by atoms with van der Waals surface area (Å²) < 4.78 is 0. The number of thiazole rings is 1. The zero-order valence-electron chi connectivity index (χ0n) is 9.10. The van der Waals surface area contributed by atoms with Crippen LogP contribution in [-0.2, 0) is 4.79 Å². The quantitative estimate of drug-likeness (QED) is 0.778. The number of carbonyl (C=O) groups is 1. The Morgan fingerprint density at radius 3 is 2.69 bits per heavy atom. The lowest BCUT2D eigenvalue weighted by Gasteiger charge is -2.35. The molecule has 1 atom stereocenters. The number of piperazine rings is 1. The van der Waals surface area contributed by atoms with Crippen LogP contribution in [0.4, 0.5) is 5.13 Å². The summed E-state index contributed by atoms with van der Waals surface area (Å²) in [5.74, 6) is 0.179. The maximum absolute atomic E-state index is 11.7. The van der Waals surface area contributed by atoms with Crippen LogP contribution >= 0.6 is 27.3 Å². The first-order valence-corrected chi connectivity index (χ1v) is 7.05. The van der Waals surface area contributed by atoms with Crippen molar-refractivity contribution in [1.29, 1.82) is 0 Å². The van der Waals surface area contributed by atoms with Gasteiger partial charge in [-0.3, -0.25) is 4.79 Å². The van der Waals surface area contributed by atoms with Crippen LogP contribution in [0.3, 0.4) is 0 Å². The molecule has 0 aliphatic carbocycles. The summed E-state index contributed by atoms with van der Waals surface area (Å²) >= 11 is 4.96. The van der Waals surface area contributed by atoms with E-state index < -0.39 is 0 Å². The molecule has 2 rings (SSSR count). The Morgan fingerprint density at radius 2 is 2.19 bits per heavy atom. The highest BCUT2D eigenvalue weighted by Crippen LogP contribution is 2.19. The van der Waals surface area contributed by atoms with E-state index in [-0.39, 0.29) is 10.7 Å². The summed E-state index contributed by atoms with van der Waals surface area (Å²) in [5, 5.41) is 3.03. The topological polar surface area (TPSA) is 36.4 Å². The molecule has 16 heavy (non-hydrogen) atoms. The maximum Gasteiger partial charge on any atom is 0.236 e. The monoisotopic (exact) mass is 303 g/mol. The van der Waals surface area contributed by atoms with Crippen LogP contribution < -0.4 is 4.90 Å². The van der Waals surface area contributed by atoms with Crippen LogP contribution in [0, 0.1) is 0 Å². The zero-order chi connectivity index (χ0) is 11.5. The van der Waals surface area contributed by atoms with Gasteiger partial charge in [-0.2, -0.15) is 0 Å². The number of halogens is 1. The number of aromatic nitrogens is 1. The third-order valence-corrected chi connectivity index (χ3v) is 3.85. The van der Waals surface area contributed by atoms with Crippen LogP contribution in [0.25, 0.3) is 0 Å². The predicted octanol–water partition coefficient (Wildman–Crippen LogP) is 1.58. The van der Waals surface area contributed by atoms with Gasteiger partial charge in [-0.15, -0.1) is 11.3 Å². The number of alkyl halides is 1. The second-order valence-corrected chi connectivity index (χ2v) is 5.99. The van der Waals surface area contributed by atoms with Gasteiger partial charge in [0.15, 0.2) is 5.13 Å². The fourth-order valence-electron chi connectivity index (χ4n) is 1.74. The van der Waals surface area contributed by atoms with Gasteiger partial charge in [0.05, 0.1) is 4.83 Å². The molecule has 1 fully saturated rings. The maximum atomic E-state index is 11.7. The molecule has 1 amide bonds. The van der Waals surface area contributed by atoms with E-state index in [0.717, 1.165) is 31.3 Å². The molecule has 1 aromatic rings. The lowest BCUT2D eigenvalue weighted by atomic mass is 10.3. The normalized spacial score (nSPS) is 18.6. The van der Waals surface area contributed by atoms with Crippen molar-refractivity contribution in [1.82, 2.24) is 9.88 Å². The molecule has 88 valence electrons. The molecule has 2 heterocycles. The number of nitrogens with zero attached hydrogens (tertiary/aromatic N) is 3. The summed E-state index contributed by atoms with van der Waals surface area (Å²) in [4.78, 5) is 20.1. The van der Waals surface area contributed by atoms with E-state index in [1.807, 2.05) is 23.4 Å². The Hall–Kier alpha value is -0.620.